The van der Waals surface area contributed by atoms with Crippen molar-refractivity contribution in [3.05, 3.63) is 64.7 Å². The fourth-order valence-electron chi connectivity index (χ4n) is 3.37. The van der Waals surface area contributed by atoms with E-state index in [4.69, 9.17) is 4.74 Å². The summed E-state index contributed by atoms with van der Waals surface area (Å²) in [6, 6.07) is 14.4. The van der Waals surface area contributed by atoms with Crippen molar-refractivity contribution in [2.75, 3.05) is 6.61 Å². The molecule has 0 amide bonds. The van der Waals surface area contributed by atoms with Gasteiger partial charge in [0.1, 0.15) is 11.4 Å². The summed E-state index contributed by atoms with van der Waals surface area (Å²) in [7, 11) is 0. The van der Waals surface area contributed by atoms with Crippen molar-refractivity contribution in [2.24, 2.45) is 0 Å². The van der Waals surface area contributed by atoms with Gasteiger partial charge in [0.25, 0.3) is 0 Å². The van der Waals surface area contributed by atoms with Gasteiger partial charge in [-0.15, -0.1) is 0 Å². The standard InChI is InChI=1S/C17H16O2/c18-17(10-13-4-1-2-5-14(13)11-17)15-7-3-6-12-8-9-19-16(12)15/h1-7,18H,8-11H2. The quantitative estimate of drug-likeness (QED) is 0.845. The number of benzene rings is 2. The number of fused-ring (bicyclic) bond motifs is 2. The van der Waals surface area contributed by atoms with Crippen LogP contribution in [0.25, 0.3) is 0 Å². The molecular formula is C17H16O2. The Labute approximate surface area is 112 Å². The highest BCUT2D eigenvalue weighted by Crippen LogP contribution is 2.43. The van der Waals surface area contributed by atoms with Gasteiger partial charge in [-0.25, -0.2) is 0 Å². The van der Waals surface area contributed by atoms with Crippen LogP contribution in [0.5, 0.6) is 5.75 Å². The lowest BCUT2D eigenvalue weighted by Crippen LogP contribution is -2.26. The minimum atomic E-state index is -0.806. The van der Waals surface area contributed by atoms with Crippen molar-refractivity contribution < 1.29 is 9.84 Å². The van der Waals surface area contributed by atoms with Gasteiger partial charge >= 0.3 is 0 Å². The van der Waals surface area contributed by atoms with Crippen LogP contribution >= 0.6 is 0 Å². The van der Waals surface area contributed by atoms with Crippen molar-refractivity contribution in [2.45, 2.75) is 24.9 Å². The molecule has 0 unspecified atom stereocenters. The molecule has 0 fully saturated rings. The number of hydrogen-bond donors (Lipinski definition) is 1. The molecule has 0 bridgehead atoms. The topological polar surface area (TPSA) is 29.5 Å². The number of para-hydroxylation sites is 1. The monoisotopic (exact) mass is 252 g/mol. The van der Waals surface area contributed by atoms with Crippen LogP contribution in [-0.4, -0.2) is 11.7 Å². The molecule has 0 radical (unpaired) electrons. The molecule has 1 N–H and O–H groups in total. The molecule has 2 aromatic carbocycles. The molecule has 19 heavy (non-hydrogen) atoms. The Morgan fingerprint density at radius 1 is 0.895 bits per heavy atom. The largest absolute Gasteiger partial charge is 0.493 e. The second-order valence-electron chi connectivity index (χ2n) is 5.55. The average molecular weight is 252 g/mol. The molecule has 2 heteroatoms. The first kappa shape index (κ1) is 11.1. The van der Waals surface area contributed by atoms with E-state index in [1.54, 1.807) is 0 Å². The van der Waals surface area contributed by atoms with Gasteiger partial charge in [0.15, 0.2) is 0 Å². The molecule has 0 spiro atoms. The maximum absolute atomic E-state index is 11.1. The summed E-state index contributed by atoms with van der Waals surface area (Å²) in [6.07, 6.45) is 2.32. The maximum atomic E-state index is 11.1. The zero-order chi connectivity index (χ0) is 12.9. The molecule has 2 aromatic rings. The summed E-state index contributed by atoms with van der Waals surface area (Å²) in [4.78, 5) is 0. The van der Waals surface area contributed by atoms with E-state index >= 15 is 0 Å². The van der Waals surface area contributed by atoms with Crippen LogP contribution in [0.15, 0.2) is 42.5 Å². The number of ether oxygens (including phenoxy) is 1. The zero-order valence-electron chi connectivity index (χ0n) is 10.7. The van der Waals surface area contributed by atoms with Crippen molar-refractivity contribution in [3.63, 3.8) is 0 Å². The van der Waals surface area contributed by atoms with E-state index in [0.29, 0.717) is 12.8 Å². The highest BCUT2D eigenvalue weighted by atomic mass is 16.5. The highest BCUT2D eigenvalue weighted by molar-refractivity contribution is 5.50. The third-order valence-electron chi connectivity index (χ3n) is 4.30. The van der Waals surface area contributed by atoms with Crippen LogP contribution in [0, 0.1) is 0 Å². The van der Waals surface area contributed by atoms with E-state index in [-0.39, 0.29) is 0 Å². The van der Waals surface area contributed by atoms with Gasteiger partial charge in [0, 0.05) is 24.8 Å². The minimum absolute atomic E-state index is 0.684. The fourth-order valence-corrected chi connectivity index (χ4v) is 3.37. The van der Waals surface area contributed by atoms with Crippen molar-refractivity contribution in [1.82, 2.24) is 0 Å². The molecule has 1 heterocycles. The van der Waals surface area contributed by atoms with Gasteiger partial charge in [0.2, 0.25) is 0 Å². The SMILES string of the molecule is OC1(c2cccc3c2OCC3)Cc2ccccc2C1. The molecule has 0 saturated carbocycles. The zero-order valence-corrected chi connectivity index (χ0v) is 10.7. The predicted molar refractivity (Wildman–Crippen MR) is 73.4 cm³/mol. The summed E-state index contributed by atoms with van der Waals surface area (Å²) in [5.74, 6) is 0.915. The Hall–Kier alpha value is -1.80. The molecule has 2 aliphatic rings. The summed E-state index contributed by atoms with van der Waals surface area (Å²) in [6.45, 7) is 0.732. The number of rotatable bonds is 1. The molecule has 0 saturated heterocycles. The molecule has 1 aliphatic heterocycles. The van der Waals surface area contributed by atoms with E-state index in [2.05, 4.69) is 18.2 Å². The molecule has 1 aliphatic carbocycles. The van der Waals surface area contributed by atoms with Crippen LogP contribution in [0.1, 0.15) is 22.3 Å². The van der Waals surface area contributed by atoms with Crippen LogP contribution < -0.4 is 4.74 Å². The summed E-state index contributed by atoms with van der Waals surface area (Å²) in [5, 5.41) is 11.1. The molecule has 96 valence electrons. The third-order valence-corrected chi connectivity index (χ3v) is 4.30. The van der Waals surface area contributed by atoms with Crippen molar-refractivity contribution in [3.8, 4) is 5.75 Å². The predicted octanol–water partition coefficient (Wildman–Crippen LogP) is 2.61. The molecule has 0 aromatic heterocycles. The maximum Gasteiger partial charge on any atom is 0.128 e. The normalized spacial score (nSPS) is 18.8. The van der Waals surface area contributed by atoms with E-state index in [1.807, 2.05) is 24.3 Å². The van der Waals surface area contributed by atoms with Crippen molar-refractivity contribution in [1.29, 1.82) is 0 Å². The van der Waals surface area contributed by atoms with E-state index in [1.165, 1.54) is 16.7 Å². The Balaban J connectivity index is 1.81. The van der Waals surface area contributed by atoms with Gasteiger partial charge in [-0.05, 0) is 16.7 Å². The number of hydrogen-bond acceptors (Lipinski definition) is 2. The van der Waals surface area contributed by atoms with E-state index < -0.39 is 5.60 Å². The van der Waals surface area contributed by atoms with Crippen LogP contribution in [0.4, 0.5) is 0 Å². The average Bonchev–Trinajstić information content (AvgIpc) is 3.00. The first-order chi connectivity index (χ1) is 9.26. The Kier molecular flexibility index (Phi) is 2.24. The third kappa shape index (κ3) is 1.60. The Bertz CT molecular complexity index is 620. The van der Waals surface area contributed by atoms with Gasteiger partial charge in [-0.3, -0.25) is 0 Å². The van der Waals surface area contributed by atoms with E-state index in [9.17, 15) is 5.11 Å². The van der Waals surface area contributed by atoms with Crippen LogP contribution in [-0.2, 0) is 24.9 Å². The lowest BCUT2D eigenvalue weighted by Gasteiger charge is -2.24. The molecule has 0 atom stereocenters. The number of aliphatic hydroxyl groups is 1. The van der Waals surface area contributed by atoms with Gasteiger partial charge in [0.05, 0.1) is 6.61 Å². The molecular weight excluding hydrogens is 236 g/mol. The first-order valence-corrected chi connectivity index (χ1v) is 6.81. The highest BCUT2D eigenvalue weighted by Gasteiger charge is 2.39. The Morgan fingerprint density at radius 3 is 2.32 bits per heavy atom. The van der Waals surface area contributed by atoms with Gasteiger partial charge in [-0.2, -0.15) is 0 Å². The van der Waals surface area contributed by atoms with Crippen LogP contribution in [0.2, 0.25) is 0 Å². The van der Waals surface area contributed by atoms with Crippen molar-refractivity contribution >= 4 is 0 Å². The van der Waals surface area contributed by atoms with E-state index in [0.717, 1.165) is 24.3 Å². The summed E-state index contributed by atoms with van der Waals surface area (Å²) >= 11 is 0. The van der Waals surface area contributed by atoms with Gasteiger partial charge in [-0.1, -0.05) is 42.5 Å². The molecule has 4 rings (SSSR count). The second kappa shape index (κ2) is 3.84. The van der Waals surface area contributed by atoms with Crippen LogP contribution in [0.3, 0.4) is 0 Å². The van der Waals surface area contributed by atoms with Gasteiger partial charge < -0.3 is 9.84 Å². The lowest BCUT2D eigenvalue weighted by atomic mass is 9.88. The molecule has 2 nitrogen and oxygen atoms in total. The fraction of sp³-hybridized carbons (Fsp3) is 0.294. The summed E-state index contributed by atoms with van der Waals surface area (Å²) < 4.78 is 5.75. The second-order valence-corrected chi connectivity index (χ2v) is 5.55. The first-order valence-electron chi connectivity index (χ1n) is 6.81. The smallest absolute Gasteiger partial charge is 0.128 e. The Morgan fingerprint density at radius 2 is 1.58 bits per heavy atom. The summed E-state index contributed by atoms with van der Waals surface area (Å²) in [5.41, 5.74) is 3.88. The lowest BCUT2D eigenvalue weighted by molar-refractivity contribution is 0.0456. The minimum Gasteiger partial charge on any atom is -0.493 e.